The Morgan fingerprint density at radius 2 is 1.93 bits per heavy atom. The summed E-state index contributed by atoms with van der Waals surface area (Å²) in [6, 6.07) is 10.9. The van der Waals surface area contributed by atoms with Gasteiger partial charge in [0.2, 0.25) is 0 Å². The van der Waals surface area contributed by atoms with Crippen LogP contribution in [-0.2, 0) is 0 Å². The van der Waals surface area contributed by atoms with Crippen molar-refractivity contribution in [2.45, 2.75) is 13.0 Å². The van der Waals surface area contributed by atoms with Crippen LogP contribution >= 0.6 is 0 Å². The van der Waals surface area contributed by atoms with E-state index in [0.29, 0.717) is 0 Å². The second-order valence-electron chi connectivity index (χ2n) is 3.43. The van der Waals surface area contributed by atoms with E-state index in [9.17, 15) is 10.2 Å². The van der Waals surface area contributed by atoms with E-state index in [0.717, 1.165) is 16.3 Å². The fourth-order valence-corrected chi connectivity index (χ4v) is 1.54. The Hall–Kier alpha value is -1.54. The van der Waals surface area contributed by atoms with Crippen LogP contribution in [0.1, 0.15) is 18.6 Å². The maximum atomic E-state index is 9.54. The molecule has 2 rings (SSSR count). The van der Waals surface area contributed by atoms with Crippen molar-refractivity contribution in [3.8, 4) is 5.75 Å². The van der Waals surface area contributed by atoms with Gasteiger partial charge in [0, 0.05) is 5.39 Å². The molecule has 0 aliphatic heterocycles. The monoisotopic (exact) mass is 188 g/mol. The van der Waals surface area contributed by atoms with Gasteiger partial charge in [-0.1, -0.05) is 24.3 Å². The van der Waals surface area contributed by atoms with Gasteiger partial charge < -0.3 is 10.2 Å². The first kappa shape index (κ1) is 9.03. The lowest BCUT2D eigenvalue weighted by atomic mass is 10.0. The molecule has 0 heterocycles. The van der Waals surface area contributed by atoms with Crippen LogP contribution in [0.4, 0.5) is 0 Å². The van der Waals surface area contributed by atoms with Gasteiger partial charge in [0.25, 0.3) is 0 Å². The van der Waals surface area contributed by atoms with E-state index in [-0.39, 0.29) is 5.75 Å². The molecule has 0 spiro atoms. The molecule has 0 fully saturated rings. The van der Waals surface area contributed by atoms with Crippen LogP contribution in [0.3, 0.4) is 0 Å². The predicted octanol–water partition coefficient (Wildman–Crippen LogP) is 2.60. The van der Waals surface area contributed by atoms with Crippen LogP contribution in [-0.4, -0.2) is 10.2 Å². The highest BCUT2D eigenvalue weighted by atomic mass is 16.3. The molecule has 2 heteroatoms. The van der Waals surface area contributed by atoms with E-state index in [4.69, 9.17) is 0 Å². The standard InChI is InChI=1S/C12H12O2/c1-8(13)9-5-6-11-10(7-9)3-2-4-12(11)14/h2-8,13-14H,1H3. The van der Waals surface area contributed by atoms with Crippen molar-refractivity contribution in [3.05, 3.63) is 42.0 Å². The maximum Gasteiger partial charge on any atom is 0.123 e. The van der Waals surface area contributed by atoms with Crippen LogP contribution in [0.25, 0.3) is 10.8 Å². The number of rotatable bonds is 1. The zero-order chi connectivity index (χ0) is 10.1. The fourth-order valence-electron chi connectivity index (χ4n) is 1.54. The predicted molar refractivity (Wildman–Crippen MR) is 56.2 cm³/mol. The summed E-state index contributed by atoms with van der Waals surface area (Å²) in [6.45, 7) is 1.73. The van der Waals surface area contributed by atoms with Gasteiger partial charge >= 0.3 is 0 Å². The molecule has 14 heavy (non-hydrogen) atoms. The molecule has 1 unspecified atom stereocenters. The molecule has 72 valence electrons. The number of hydrogen-bond acceptors (Lipinski definition) is 2. The minimum absolute atomic E-state index is 0.277. The average molecular weight is 188 g/mol. The molecule has 2 nitrogen and oxygen atoms in total. The van der Waals surface area contributed by atoms with E-state index in [1.165, 1.54) is 0 Å². The molecule has 0 aromatic heterocycles. The zero-order valence-electron chi connectivity index (χ0n) is 7.94. The van der Waals surface area contributed by atoms with Crippen molar-refractivity contribution in [3.63, 3.8) is 0 Å². The highest BCUT2D eigenvalue weighted by Crippen LogP contribution is 2.26. The first-order chi connectivity index (χ1) is 6.68. The van der Waals surface area contributed by atoms with Gasteiger partial charge in [-0.05, 0) is 30.0 Å². The fraction of sp³-hybridized carbons (Fsp3) is 0.167. The molecule has 0 saturated carbocycles. The summed E-state index contributed by atoms with van der Waals surface area (Å²) in [5, 5.41) is 20.7. The van der Waals surface area contributed by atoms with Crippen LogP contribution < -0.4 is 0 Å². The number of benzene rings is 2. The SMILES string of the molecule is CC(O)c1ccc2c(O)cccc2c1. The lowest BCUT2D eigenvalue weighted by Crippen LogP contribution is -1.89. The van der Waals surface area contributed by atoms with E-state index >= 15 is 0 Å². The number of phenolic OH excluding ortho intramolecular Hbond substituents is 1. The first-order valence-electron chi connectivity index (χ1n) is 4.58. The second kappa shape index (κ2) is 3.31. The zero-order valence-corrected chi connectivity index (χ0v) is 7.94. The molecule has 2 aromatic carbocycles. The largest absolute Gasteiger partial charge is 0.507 e. The third-order valence-corrected chi connectivity index (χ3v) is 2.36. The number of aromatic hydroxyl groups is 1. The Labute approximate surface area is 82.4 Å². The molecule has 0 radical (unpaired) electrons. The molecule has 1 atom stereocenters. The number of fused-ring (bicyclic) bond motifs is 1. The third-order valence-electron chi connectivity index (χ3n) is 2.36. The molecular weight excluding hydrogens is 176 g/mol. The highest BCUT2D eigenvalue weighted by Gasteiger charge is 2.03. The molecule has 2 aromatic rings. The smallest absolute Gasteiger partial charge is 0.123 e. The lowest BCUT2D eigenvalue weighted by Gasteiger charge is -2.06. The Morgan fingerprint density at radius 3 is 2.64 bits per heavy atom. The molecule has 0 saturated heterocycles. The molecule has 0 aliphatic rings. The van der Waals surface area contributed by atoms with E-state index in [1.807, 2.05) is 24.3 Å². The minimum atomic E-state index is -0.471. The van der Waals surface area contributed by atoms with E-state index < -0.39 is 6.10 Å². The van der Waals surface area contributed by atoms with Crippen molar-refractivity contribution in [2.24, 2.45) is 0 Å². The average Bonchev–Trinajstić information content (AvgIpc) is 2.17. The number of phenols is 1. The molecule has 0 amide bonds. The van der Waals surface area contributed by atoms with Crippen molar-refractivity contribution in [1.82, 2.24) is 0 Å². The van der Waals surface area contributed by atoms with E-state index in [1.54, 1.807) is 19.1 Å². The van der Waals surface area contributed by atoms with Crippen LogP contribution in [0, 0.1) is 0 Å². The summed E-state index contributed by atoms with van der Waals surface area (Å²) >= 11 is 0. The Bertz CT molecular complexity index is 461. The lowest BCUT2D eigenvalue weighted by molar-refractivity contribution is 0.199. The highest BCUT2D eigenvalue weighted by molar-refractivity contribution is 5.88. The van der Waals surface area contributed by atoms with Crippen LogP contribution in [0.2, 0.25) is 0 Å². The van der Waals surface area contributed by atoms with Crippen molar-refractivity contribution in [1.29, 1.82) is 0 Å². The summed E-state index contributed by atoms with van der Waals surface area (Å²) in [5.41, 5.74) is 0.864. The summed E-state index contributed by atoms with van der Waals surface area (Å²) in [5.74, 6) is 0.277. The summed E-state index contributed by atoms with van der Waals surface area (Å²) < 4.78 is 0. The third kappa shape index (κ3) is 1.44. The molecule has 0 bridgehead atoms. The van der Waals surface area contributed by atoms with Gasteiger partial charge in [0.05, 0.1) is 6.10 Å². The summed E-state index contributed by atoms with van der Waals surface area (Å²) in [7, 11) is 0. The minimum Gasteiger partial charge on any atom is -0.507 e. The van der Waals surface area contributed by atoms with E-state index in [2.05, 4.69) is 0 Å². The van der Waals surface area contributed by atoms with Gasteiger partial charge in [-0.2, -0.15) is 0 Å². The van der Waals surface area contributed by atoms with Crippen molar-refractivity contribution in [2.75, 3.05) is 0 Å². The van der Waals surface area contributed by atoms with Crippen LogP contribution in [0.5, 0.6) is 5.75 Å². The Morgan fingerprint density at radius 1 is 1.14 bits per heavy atom. The topological polar surface area (TPSA) is 40.5 Å². The number of aliphatic hydroxyl groups is 1. The summed E-state index contributed by atoms with van der Waals surface area (Å²) in [4.78, 5) is 0. The molecular formula is C12H12O2. The maximum absolute atomic E-state index is 9.54. The Balaban J connectivity index is 2.67. The van der Waals surface area contributed by atoms with Gasteiger partial charge in [-0.25, -0.2) is 0 Å². The second-order valence-corrected chi connectivity index (χ2v) is 3.43. The van der Waals surface area contributed by atoms with Gasteiger partial charge in [-0.3, -0.25) is 0 Å². The summed E-state index contributed by atoms with van der Waals surface area (Å²) in [6.07, 6.45) is -0.471. The molecule has 0 aliphatic carbocycles. The quantitative estimate of drug-likeness (QED) is 0.722. The molecule has 2 N–H and O–H groups in total. The van der Waals surface area contributed by atoms with Gasteiger partial charge in [-0.15, -0.1) is 0 Å². The van der Waals surface area contributed by atoms with Crippen molar-refractivity contribution < 1.29 is 10.2 Å². The Kier molecular flexibility index (Phi) is 2.14. The number of hydrogen-bond donors (Lipinski definition) is 2. The van der Waals surface area contributed by atoms with Crippen LogP contribution in [0.15, 0.2) is 36.4 Å². The van der Waals surface area contributed by atoms with Gasteiger partial charge in [0.1, 0.15) is 5.75 Å². The van der Waals surface area contributed by atoms with Gasteiger partial charge in [0.15, 0.2) is 0 Å². The number of aliphatic hydroxyl groups excluding tert-OH is 1. The van der Waals surface area contributed by atoms with Crippen molar-refractivity contribution >= 4 is 10.8 Å². The normalized spacial score (nSPS) is 13.0. The first-order valence-corrected chi connectivity index (χ1v) is 4.58.